The van der Waals surface area contributed by atoms with Gasteiger partial charge in [0.2, 0.25) is 0 Å². The number of hydrogen-bond donors (Lipinski definition) is 0. The molecular formula is C7H5BrClN3. The molecule has 12 heavy (non-hydrogen) atoms. The van der Waals surface area contributed by atoms with Crippen LogP contribution >= 0.6 is 27.5 Å². The van der Waals surface area contributed by atoms with Crippen molar-refractivity contribution in [3.05, 3.63) is 21.9 Å². The quantitative estimate of drug-likeness (QED) is 0.668. The van der Waals surface area contributed by atoms with Gasteiger partial charge in [-0.2, -0.15) is 5.10 Å². The fourth-order valence-corrected chi connectivity index (χ4v) is 2.11. The molecule has 2 aromatic rings. The molecule has 0 unspecified atom stereocenters. The molecule has 2 aromatic heterocycles. The first kappa shape index (κ1) is 8.01. The Kier molecular flexibility index (Phi) is 1.81. The van der Waals surface area contributed by atoms with Crippen molar-refractivity contribution in [1.82, 2.24) is 14.8 Å². The van der Waals surface area contributed by atoms with Crippen LogP contribution in [0.1, 0.15) is 0 Å². The highest BCUT2D eigenvalue weighted by atomic mass is 79.9. The summed E-state index contributed by atoms with van der Waals surface area (Å²) in [7, 11) is 1.86. The predicted molar refractivity (Wildman–Crippen MR) is 51.2 cm³/mol. The van der Waals surface area contributed by atoms with Crippen LogP contribution in [0.5, 0.6) is 0 Å². The summed E-state index contributed by atoms with van der Waals surface area (Å²) in [5, 5.41) is 4.54. The zero-order valence-electron chi connectivity index (χ0n) is 6.25. The summed E-state index contributed by atoms with van der Waals surface area (Å²) in [5.41, 5.74) is 1.76. The van der Waals surface area contributed by atoms with E-state index in [1.165, 1.54) is 0 Å². The van der Waals surface area contributed by atoms with Crippen LogP contribution < -0.4 is 0 Å². The second-order valence-electron chi connectivity index (χ2n) is 2.43. The number of rotatable bonds is 0. The van der Waals surface area contributed by atoms with Crippen molar-refractivity contribution in [3.8, 4) is 0 Å². The molecular weight excluding hydrogens is 241 g/mol. The highest BCUT2D eigenvalue weighted by Gasteiger charge is 2.06. The monoisotopic (exact) mass is 245 g/mol. The van der Waals surface area contributed by atoms with E-state index in [1.807, 2.05) is 7.05 Å². The maximum atomic E-state index is 5.76. The van der Waals surface area contributed by atoms with Gasteiger partial charge in [-0.15, -0.1) is 0 Å². The lowest BCUT2D eigenvalue weighted by Gasteiger charge is -1.97. The van der Waals surface area contributed by atoms with Gasteiger partial charge >= 0.3 is 0 Å². The molecule has 2 rings (SSSR count). The summed E-state index contributed by atoms with van der Waals surface area (Å²) in [6.45, 7) is 0. The fourth-order valence-electron chi connectivity index (χ4n) is 1.10. The molecule has 0 N–H and O–H groups in total. The molecule has 0 saturated heterocycles. The smallest absolute Gasteiger partial charge is 0.131 e. The molecule has 0 spiro atoms. The molecule has 62 valence electrons. The first-order valence-corrected chi connectivity index (χ1v) is 4.49. The second kappa shape index (κ2) is 2.71. The Balaban J connectivity index is 2.93. The van der Waals surface area contributed by atoms with Crippen LogP contribution in [0.3, 0.4) is 0 Å². The SMILES string of the molecule is Cn1ncc2nc(Cl)cc(Br)c21. The molecule has 0 radical (unpaired) electrons. The van der Waals surface area contributed by atoms with E-state index in [0.29, 0.717) is 5.15 Å². The molecule has 3 nitrogen and oxygen atoms in total. The number of aryl methyl sites for hydroxylation is 1. The van der Waals surface area contributed by atoms with Gasteiger partial charge in [0, 0.05) is 11.5 Å². The van der Waals surface area contributed by atoms with E-state index in [9.17, 15) is 0 Å². The van der Waals surface area contributed by atoms with Crippen LogP contribution in [-0.2, 0) is 7.05 Å². The molecule has 0 aliphatic carbocycles. The van der Waals surface area contributed by atoms with Crippen molar-refractivity contribution < 1.29 is 0 Å². The van der Waals surface area contributed by atoms with Gasteiger partial charge in [0.1, 0.15) is 16.2 Å². The van der Waals surface area contributed by atoms with Gasteiger partial charge < -0.3 is 0 Å². The molecule has 0 fully saturated rings. The van der Waals surface area contributed by atoms with Crippen molar-refractivity contribution in [1.29, 1.82) is 0 Å². The molecule has 0 aliphatic rings. The highest BCUT2D eigenvalue weighted by molar-refractivity contribution is 9.10. The third-order valence-electron chi connectivity index (χ3n) is 1.62. The van der Waals surface area contributed by atoms with Crippen molar-refractivity contribution >= 4 is 38.6 Å². The van der Waals surface area contributed by atoms with Gasteiger partial charge in [-0.3, -0.25) is 4.68 Å². The average Bonchev–Trinajstić information content (AvgIpc) is 2.31. The number of hydrogen-bond acceptors (Lipinski definition) is 2. The Bertz CT molecular complexity index is 437. The van der Waals surface area contributed by atoms with E-state index in [-0.39, 0.29) is 0 Å². The lowest BCUT2D eigenvalue weighted by molar-refractivity contribution is 0.795. The lowest BCUT2D eigenvalue weighted by atomic mass is 10.4. The molecule has 0 amide bonds. The van der Waals surface area contributed by atoms with Gasteiger partial charge in [-0.1, -0.05) is 11.6 Å². The van der Waals surface area contributed by atoms with E-state index in [0.717, 1.165) is 15.5 Å². The maximum Gasteiger partial charge on any atom is 0.131 e. The lowest BCUT2D eigenvalue weighted by Crippen LogP contribution is -1.90. The first-order valence-electron chi connectivity index (χ1n) is 3.32. The fraction of sp³-hybridized carbons (Fsp3) is 0.143. The van der Waals surface area contributed by atoms with Crippen molar-refractivity contribution in [3.63, 3.8) is 0 Å². The summed E-state index contributed by atoms with van der Waals surface area (Å²) < 4.78 is 2.67. The number of halogens is 2. The van der Waals surface area contributed by atoms with Crippen LogP contribution in [0.25, 0.3) is 11.0 Å². The molecule has 0 saturated carbocycles. The highest BCUT2D eigenvalue weighted by Crippen LogP contribution is 2.24. The van der Waals surface area contributed by atoms with E-state index in [2.05, 4.69) is 26.0 Å². The number of fused-ring (bicyclic) bond motifs is 1. The molecule has 2 heterocycles. The van der Waals surface area contributed by atoms with Crippen LogP contribution in [0, 0.1) is 0 Å². The predicted octanol–water partition coefficient (Wildman–Crippen LogP) is 2.38. The Morgan fingerprint density at radius 1 is 1.58 bits per heavy atom. The standard InChI is InChI=1S/C7H5BrClN3/c1-12-7-4(8)2-6(9)11-5(7)3-10-12/h2-3H,1H3. The Morgan fingerprint density at radius 3 is 3.08 bits per heavy atom. The zero-order valence-corrected chi connectivity index (χ0v) is 8.59. The molecule has 0 aliphatic heterocycles. The van der Waals surface area contributed by atoms with Crippen molar-refractivity contribution in [2.45, 2.75) is 0 Å². The number of nitrogens with zero attached hydrogens (tertiary/aromatic N) is 3. The Morgan fingerprint density at radius 2 is 2.33 bits per heavy atom. The van der Waals surface area contributed by atoms with Crippen molar-refractivity contribution in [2.24, 2.45) is 7.05 Å². The Labute approximate surface area is 82.5 Å². The minimum atomic E-state index is 0.474. The van der Waals surface area contributed by atoms with E-state index in [4.69, 9.17) is 11.6 Å². The van der Waals surface area contributed by atoms with Gasteiger partial charge in [0.05, 0.1) is 6.20 Å². The van der Waals surface area contributed by atoms with E-state index >= 15 is 0 Å². The summed E-state index contributed by atoms with van der Waals surface area (Å²) in [6.07, 6.45) is 1.69. The van der Waals surface area contributed by atoms with Crippen LogP contribution in [0.4, 0.5) is 0 Å². The third-order valence-corrected chi connectivity index (χ3v) is 2.42. The van der Waals surface area contributed by atoms with Crippen LogP contribution in [0.15, 0.2) is 16.7 Å². The number of aromatic nitrogens is 3. The van der Waals surface area contributed by atoms with Gasteiger partial charge in [-0.25, -0.2) is 4.98 Å². The summed E-state index contributed by atoms with van der Waals surface area (Å²) in [6, 6.07) is 1.76. The molecule has 5 heteroatoms. The van der Waals surface area contributed by atoms with Crippen LogP contribution in [0.2, 0.25) is 5.15 Å². The van der Waals surface area contributed by atoms with E-state index in [1.54, 1.807) is 16.9 Å². The zero-order chi connectivity index (χ0) is 8.72. The van der Waals surface area contributed by atoms with E-state index < -0.39 is 0 Å². The minimum Gasteiger partial charge on any atom is -0.265 e. The number of pyridine rings is 1. The summed E-state index contributed by atoms with van der Waals surface area (Å²) in [5.74, 6) is 0. The largest absolute Gasteiger partial charge is 0.265 e. The van der Waals surface area contributed by atoms with Crippen molar-refractivity contribution in [2.75, 3.05) is 0 Å². The third kappa shape index (κ3) is 1.11. The average molecular weight is 246 g/mol. The molecule has 0 bridgehead atoms. The maximum absolute atomic E-state index is 5.76. The minimum absolute atomic E-state index is 0.474. The van der Waals surface area contributed by atoms with Gasteiger partial charge in [0.15, 0.2) is 0 Å². The second-order valence-corrected chi connectivity index (χ2v) is 3.67. The normalized spacial score (nSPS) is 10.9. The topological polar surface area (TPSA) is 30.7 Å². The van der Waals surface area contributed by atoms with Gasteiger partial charge in [-0.05, 0) is 22.0 Å². The summed E-state index contributed by atoms with van der Waals surface area (Å²) >= 11 is 9.15. The van der Waals surface area contributed by atoms with Crippen LogP contribution in [-0.4, -0.2) is 14.8 Å². The van der Waals surface area contributed by atoms with Gasteiger partial charge in [0.25, 0.3) is 0 Å². The first-order chi connectivity index (χ1) is 5.68. The Hall–Kier alpha value is -0.610. The molecule has 0 atom stereocenters. The summed E-state index contributed by atoms with van der Waals surface area (Å²) in [4.78, 5) is 4.11. The molecule has 0 aromatic carbocycles.